The van der Waals surface area contributed by atoms with Crippen molar-refractivity contribution in [2.75, 3.05) is 18.5 Å². The molecule has 0 fully saturated rings. The molecule has 2 rings (SSSR count). The summed E-state index contributed by atoms with van der Waals surface area (Å²) >= 11 is 0. The minimum absolute atomic E-state index is 0.172. The quantitative estimate of drug-likeness (QED) is 0.541. The molecular formula is C21H21N3O4. The molecule has 2 aromatic rings. The molecule has 2 aromatic carbocycles. The van der Waals surface area contributed by atoms with Crippen molar-refractivity contribution in [3.8, 4) is 17.6 Å². The van der Waals surface area contributed by atoms with Gasteiger partial charge < -0.3 is 20.5 Å². The first-order chi connectivity index (χ1) is 13.4. The molecule has 0 aliphatic heterocycles. The fourth-order valence-corrected chi connectivity index (χ4v) is 2.37. The molecule has 0 unspecified atom stereocenters. The van der Waals surface area contributed by atoms with E-state index in [9.17, 15) is 9.59 Å². The highest BCUT2D eigenvalue weighted by Crippen LogP contribution is 2.29. The molecule has 0 aromatic heterocycles. The van der Waals surface area contributed by atoms with Gasteiger partial charge in [0.2, 0.25) is 0 Å². The maximum atomic E-state index is 12.2. The Kier molecular flexibility index (Phi) is 7.17. The summed E-state index contributed by atoms with van der Waals surface area (Å²) in [4.78, 5) is 23.4. The van der Waals surface area contributed by atoms with Gasteiger partial charge in [-0.15, -0.1) is 0 Å². The molecule has 2 amide bonds. The molecule has 0 spiro atoms. The van der Waals surface area contributed by atoms with Gasteiger partial charge in [0.25, 0.3) is 11.8 Å². The van der Waals surface area contributed by atoms with Crippen LogP contribution < -0.4 is 20.5 Å². The van der Waals surface area contributed by atoms with Crippen LogP contribution >= 0.6 is 0 Å². The average Bonchev–Trinajstić information content (AvgIpc) is 2.67. The van der Waals surface area contributed by atoms with Crippen LogP contribution in [-0.4, -0.2) is 25.0 Å². The number of hydrogen-bond donors (Lipinski definition) is 2. The van der Waals surface area contributed by atoms with E-state index in [0.29, 0.717) is 23.7 Å². The second-order valence-corrected chi connectivity index (χ2v) is 5.83. The highest BCUT2D eigenvalue weighted by atomic mass is 16.5. The Hall–Kier alpha value is -3.79. The highest BCUT2D eigenvalue weighted by molar-refractivity contribution is 6.00. The standard InChI is InChI=1S/C21H21N3O4/c1-3-27-19-11-15(10-16(12-22)21(23)26)8-9-18(19)28-13-20(25)24-17-7-5-4-6-14(17)2/h4-11H,3,13H2,1-2H3,(H2,23,26)(H,24,25)/b16-10+. The Labute approximate surface area is 163 Å². The largest absolute Gasteiger partial charge is 0.490 e. The second kappa shape index (κ2) is 9.78. The van der Waals surface area contributed by atoms with Crippen LogP contribution in [0.2, 0.25) is 0 Å². The number of carbonyl (C=O) groups excluding carboxylic acids is 2. The Morgan fingerprint density at radius 3 is 2.57 bits per heavy atom. The number of primary amides is 1. The zero-order chi connectivity index (χ0) is 20.5. The number of benzene rings is 2. The SMILES string of the molecule is CCOc1cc(/C=C(\C#N)C(N)=O)ccc1OCC(=O)Nc1ccccc1C. The van der Waals surface area contributed by atoms with E-state index in [-0.39, 0.29) is 18.1 Å². The van der Waals surface area contributed by atoms with Gasteiger partial charge in [-0.05, 0) is 49.2 Å². The number of nitrogens with two attached hydrogens (primary N) is 1. The molecule has 0 atom stereocenters. The van der Waals surface area contributed by atoms with Crippen LogP contribution in [0.3, 0.4) is 0 Å². The molecule has 0 aliphatic rings. The summed E-state index contributed by atoms with van der Waals surface area (Å²) in [6.07, 6.45) is 1.36. The molecule has 7 heteroatoms. The number of anilines is 1. The topological polar surface area (TPSA) is 114 Å². The number of nitrogens with zero attached hydrogens (tertiary/aromatic N) is 1. The molecule has 0 aliphatic carbocycles. The lowest BCUT2D eigenvalue weighted by molar-refractivity contribution is -0.118. The van der Waals surface area contributed by atoms with Gasteiger partial charge in [-0.1, -0.05) is 24.3 Å². The summed E-state index contributed by atoms with van der Waals surface area (Å²) < 4.78 is 11.1. The number of aryl methyl sites for hydroxylation is 1. The summed E-state index contributed by atoms with van der Waals surface area (Å²) in [5.74, 6) is -0.354. The Bertz CT molecular complexity index is 945. The van der Waals surface area contributed by atoms with E-state index in [1.54, 1.807) is 31.2 Å². The van der Waals surface area contributed by atoms with Gasteiger partial charge in [0, 0.05) is 5.69 Å². The predicted octanol–water partition coefficient (Wildman–Crippen LogP) is 2.80. The van der Waals surface area contributed by atoms with Crippen molar-refractivity contribution in [3.63, 3.8) is 0 Å². The molecule has 0 radical (unpaired) electrons. The van der Waals surface area contributed by atoms with Gasteiger partial charge in [0.05, 0.1) is 6.61 Å². The first kappa shape index (κ1) is 20.5. The smallest absolute Gasteiger partial charge is 0.262 e. The summed E-state index contributed by atoms with van der Waals surface area (Å²) in [6.45, 7) is 3.88. The van der Waals surface area contributed by atoms with Gasteiger partial charge in [0.15, 0.2) is 18.1 Å². The Morgan fingerprint density at radius 2 is 1.93 bits per heavy atom. The number of nitrogens with one attached hydrogen (secondary N) is 1. The third-order valence-electron chi connectivity index (χ3n) is 3.74. The third kappa shape index (κ3) is 5.61. The number of hydrogen-bond acceptors (Lipinski definition) is 5. The average molecular weight is 379 g/mol. The number of para-hydroxylation sites is 1. The zero-order valence-electron chi connectivity index (χ0n) is 15.7. The van der Waals surface area contributed by atoms with Crippen LogP contribution in [0.25, 0.3) is 6.08 Å². The number of carbonyl (C=O) groups is 2. The summed E-state index contributed by atoms with van der Waals surface area (Å²) in [6, 6.07) is 14.0. The Balaban J connectivity index is 2.12. The normalized spacial score (nSPS) is 10.7. The first-order valence-electron chi connectivity index (χ1n) is 8.61. The molecule has 28 heavy (non-hydrogen) atoms. The van der Waals surface area contributed by atoms with Crippen LogP contribution in [0.5, 0.6) is 11.5 Å². The van der Waals surface area contributed by atoms with E-state index in [2.05, 4.69) is 5.32 Å². The van der Waals surface area contributed by atoms with Crippen LogP contribution in [0.15, 0.2) is 48.0 Å². The van der Waals surface area contributed by atoms with E-state index < -0.39 is 5.91 Å². The monoisotopic (exact) mass is 379 g/mol. The predicted molar refractivity (Wildman–Crippen MR) is 106 cm³/mol. The van der Waals surface area contributed by atoms with Crippen molar-refractivity contribution in [1.82, 2.24) is 0 Å². The second-order valence-electron chi connectivity index (χ2n) is 5.83. The molecule has 7 nitrogen and oxygen atoms in total. The van der Waals surface area contributed by atoms with Crippen LogP contribution in [0.1, 0.15) is 18.1 Å². The summed E-state index contributed by atoms with van der Waals surface area (Å²) in [5.41, 5.74) is 7.19. The Morgan fingerprint density at radius 1 is 1.18 bits per heavy atom. The lowest BCUT2D eigenvalue weighted by atomic mass is 10.1. The molecular weight excluding hydrogens is 358 g/mol. The summed E-state index contributed by atoms with van der Waals surface area (Å²) in [7, 11) is 0. The number of amides is 2. The molecule has 3 N–H and O–H groups in total. The van der Waals surface area contributed by atoms with E-state index in [4.69, 9.17) is 20.5 Å². The summed E-state index contributed by atoms with van der Waals surface area (Å²) in [5, 5.41) is 11.7. The fraction of sp³-hybridized carbons (Fsp3) is 0.190. The minimum Gasteiger partial charge on any atom is -0.490 e. The van der Waals surface area contributed by atoms with Crippen molar-refractivity contribution in [3.05, 3.63) is 59.2 Å². The minimum atomic E-state index is -0.811. The van der Waals surface area contributed by atoms with Gasteiger partial charge in [-0.25, -0.2) is 0 Å². The zero-order valence-corrected chi connectivity index (χ0v) is 15.7. The lowest BCUT2D eigenvalue weighted by Crippen LogP contribution is -2.20. The first-order valence-corrected chi connectivity index (χ1v) is 8.61. The molecule has 0 bridgehead atoms. The molecule has 0 heterocycles. The molecule has 144 valence electrons. The molecule has 0 saturated heterocycles. The lowest BCUT2D eigenvalue weighted by Gasteiger charge is -2.13. The van der Waals surface area contributed by atoms with Crippen LogP contribution in [0, 0.1) is 18.3 Å². The van der Waals surface area contributed by atoms with Gasteiger partial charge in [-0.2, -0.15) is 5.26 Å². The van der Waals surface area contributed by atoms with Crippen molar-refractivity contribution >= 4 is 23.6 Å². The van der Waals surface area contributed by atoms with E-state index >= 15 is 0 Å². The van der Waals surface area contributed by atoms with E-state index in [1.165, 1.54) is 6.08 Å². The van der Waals surface area contributed by atoms with E-state index in [0.717, 1.165) is 11.3 Å². The maximum absolute atomic E-state index is 12.2. The third-order valence-corrected chi connectivity index (χ3v) is 3.74. The van der Waals surface area contributed by atoms with Gasteiger partial charge in [0.1, 0.15) is 11.6 Å². The number of ether oxygens (including phenoxy) is 2. The maximum Gasteiger partial charge on any atom is 0.262 e. The van der Waals surface area contributed by atoms with E-state index in [1.807, 2.05) is 31.2 Å². The number of rotatable bonds is 8. The van der Waals surface area contributed by atoms with Gasteiger partial charge >= 0.3 is 0 Å². The van der Waals surface area contributed by atoms with Crippen molar-refractivity contribution in [2.24, 2.45) is 5.73 Å². The molecule has 0 saturated carbocycles. The van der Waals surface area contributed by atoms with Gasteiger partial charge in [-0.3, -0.25) is 9.59 Å². The van der Waals surface area contributed by atoms with Crippen molar-refractivity contribution in [1.29, 1.82) is 5.26 Å². The van der Waals surface area contributed by atoms with Crippen molar-refractivity contribution in [2.45, 2.75) is 13.8 Å². The van der Waals surface area contributed by atoms with Crippen molar-refractivity contribution < 1.29 is 19.1 Å². The van der Waals surface area contributed by atoms with Crippen LogP contribution in [-0.2, 0) is 9.59 Å². The fourth-order valence-electron chi connectivity index (χ4n) is 2.37. The van der Waals surface area contributed by atoms with Crippen LogP contribution in [0.4, 0.5) is 5.69 Å². The number of nitriles is 1. The highest BCUT2D eigenvalue weighted by Gasteiger charge is 2.11.